The zero-order valence-corrected chi connectivity index (χ0v) is 11.5. The van der Waals surface area contributed by atoms with Gasteiger partial charge in [-0.2, -0.15) is 0 Å². The molecule has 98 valence electrons. The highest BCUT2D eigenvalue weighted by molar-refractivity contribution is 7.84. The fourth-order valence-electron chi connectivity index (χ4n) is 2.11. The standard InChI is InChI=1S/C13H13N3O2S/c1-18-11-4-3-9-8-12-14-15-13(19(2)17)16(12)6-5-10(9)7-11/h3-7H,8H2,1-2H3. The first-order chi connectivity index (χ1) is 9.19. The molecule has 6 heteroatoms. The van der Waals surface area contributed by atoms with Gasteiger partial charge in [0.05, 0.1) is 17.9 Å². The van der Waals surface area contributed by atoms with Crippen molar-refractivity contribution in [2.75, 3.05) is 13.4 Å². The van der Waals surface area contributed by atoms with E-state index in [-0.39, 0.29) is 0 Å². The van der Waals surface area contributed by atoms with Crippen LogP contribution < -0.4 is 4.74 Å². The van der Waals surface area contributed by atoms with Crippen molar-refractivity contribution >= 4 is 23.1 Å². The Labute approximate surface area is 113 Å². The van der Waals surface area contributed by atoms with E-state index in [0.717, 1.165) is 22.7 Å². The molecule has 0 amide bonds. The molecule has 0 saturated heterocycles. The Kier molecular flexibility index (Phi) is 2.94. The summed E-state index contributed by atoms with van der Waals surface area (Å²) < 4.78 is 18.6. The number of hydrogen-bond donors (Lipinski definition) is 0. The number of fused-ring (bicyclic) bond motifs is 2. The van der Waals surface area contributed by atoms with Gasteiger partial charge < -0.3 is 4.74 Å². The van der Waals surface area contributed by atoms with Crippen molar-refractivity contribution in [2.24, 2.45) is 0 Å². The predicted molar refractivity (Wildman–Crippen MR) is 73.4 cm³/mol. The number of aromatic nitrogens is 3. The monoisotopic (exact) mass is 275 g/mol. The van der Waals surface area contributed by atoms with E-state index in [2.05, 4.69) is 10.2 Å². The molecule has 1 aliphatic rings. The summed E-state index contributed by atoms with van der Waals surface area (Å²) in [5.41, 5.74) is 2.23. The number of nitrogens with zero attached hydrogens (tertiary/aromatic N) is 3. The van der Waals surface area contributed by atoms with Gasteiger partial charge in [0.2, 0.25) is 5.16 Å². The highest BCUT2D eigenvalue weighted by Gasteiger charge is 2.17. The average molecular weight is 275 g/mol. The molecular formula is C13H13N3O2S. The van der Waals surface area contributed by atoms with Crippen LogP contribution in [0.4, 0.5) is 0 Å². The third-order valence-electron chi connectivity index (χ3n) is 3.10. The summed E-state index contributed by atoms with van der Waals surface area (Å²) in [6.07, 6.45) is 6.09. The van der Waals surface area contributed by atoms with E-state index in [9.17, 15) is 4.21 Å². The van der Waals surface area contributed by atoms with Crippen LogP contribution in [0.25, 0.3) is 12.3 Å². The van der Waals surface area contributed by atoms with Crippen LogP contribution in [0.5, 0.6) is 5.75 Å². The van der Waals surface area contributed by atoms with Gasteiger partial charge in [-0.05, 0) is 29.3 Å². The Morgan fingerprint density at radius 1 is 1.37 bits per heavy atom. The molecule has 0 bridgehead atoms. The zero-order valence-electron chi connectivity index (χ0n) is 10.7. The van der Waals surface area contributed by atoms with E-state index in [0.29, 0.717) is 11.6 Å². The van der Waals surface area contributed by atoms with Gasteiger partial charge in [-0.1, -0.05) is 6.07 Å². The van der Waals surface area contributed by atoms with Gasteiger partial charge in [-0.15, -0.1) is 10.2 Å². The average Bonchev–Trinajstić information content (AvgIpc) is 2.72. The second-order valence-corrected chi connectivity index (χ2v) is 5.55. The van der Waals surface area contributed by atoms with Crippen LogP contribution in [-0.2, 0) is 17.2 Å². The fourth-order valence-corrected chi connectivity index (χ4v) is 2.71. The summed E-state index contributed by atoms with van der Waals surface area (Å²) in [6.45, 7) is 0. The molecule has 1 aromatic heterocycles. The molecule has 1 unspecified atom stereocenters. The lowest BCUT2D eigenvalue weighted by Crippen LogP contribution is -2.01. The zero-order chi connectivity index (χ0) is 13.4. The van der Waals surface area contributed by atoms with Crippen molar-refractivity contribution in [1.82, 2.24) is 14.8 Å². The van der Waals surface area contributed by atoms with Crippen LogP contribution in [0, 0.1) is 0 Å². The van der Waals surface area contributed by atoms with Crippen molar-refractivity contribution in [3.8, 4) is 5.75 Å². The van der Waals surface area contributed by atoms with Crippen molar-refractivity contribution in [1.29, 1.82) is 0 Å². The van der Waals surface area contributed by atoms with Gasteiger partial charge in [-0.3, -0.25) is 8.78 Å². The maximum atomic E-state index is 11.6. The van der Waals surface area contributed by atoms with E-state index < -0.39 is 10.8 Å². The summed E-state index contributed by atoms with van der Waals surface area (Å²) in [5.74, 6) is 1.62. The van der Waals surface area contributed by atoms with Gasteiger partial charge in [0.1, 0.15) is 11.6 Å². The summed E-state index contributed by atoms with van der Waals surface area (Å²) in [5, 5.41) is 8.58. The Hall–Kier alpha value is -1.95. The number of benzene rings is 1. The summed E-state index contributed by atoms with van der Waals surface area (Å²) in [6, 6.07) is 5.93. The normalized spacial score (nSPS) is 14.4. The Morgan fingerprint density at radius 3 is 2.95 bits per heavy atom. The van der Waals surface area contributed by atoms with Crippen LogP contribution in [0.1, 0.15) is 17.0 Å². The topological polar surface area (TPSA) is 57.0 Å². The molecule has 1 aliphatic heterocycles. The first-order valence-electron chi connectivity index (χ1n) is 5.81. The maximum Gasteiger partial charge on any atom is 0.225 e. The number of methoxy groups -OCH3 is 1. The van der Waals surface area contributed by atoms with Crippen LogP contribution in [0.15, 0.2) is 23.4 Å². The van der Waals surface area contributed by atoms with E-state index in [1.54, 1.807) is 17.9 Å². The van der Waals surface area contributed by atoms with Crippen LogP contribution in [-0.4, -0.2) is 32.3 Å². The number of ether oxygens (including phenoxy) is 1. The minimum atomic E-state index is -1.15. The van der Waals surface area contributed by atoms with E-state index in [1.807, 2.05) is 30.5 Å². The Bertz CT molecular complexity index is 691. The molecule has 5 nitrogen and oxygen atoms in total. The maximum absolute atomic E-state index is 11.6. The highest BCUT2D eigenvalue weighted by atomic mass is 32.2. The molecule has 2 aromatic rings. The van der Waals surface area contributed by atoms with Crippen LogP contribution in [0.3, 0.4) is 0 Å². The summed E-state index contributed by atoms with van der Waals surface area (Å²) in [4.78, 5) is 0. The third-order valence-corrected chi connectivity index (χ3v) is 3.89. The van der Waals surface area contributed by atoms with Crippen molar-refractivity contribution in [3.05, 3.63) is 35.2 Å². The first kappa shape index (κ1) is 12.1. The second kappa shape index (κ2) is 4.62. The molecule has 1 atom stereocenters. The smallest absolute Gasteiger partial charge is 0.225 e. The largest absolute Gasteiger partial charge is 0.497 e. The number of rotatable bonds is 2. The van der Waals surface area contributed by atoms with Gasteiger partial charge in [-0.25, -0.2) is 0 Å². The van der Waals surface area contributed by atoms with E-state index >= 15 is 0 Å². The highest BCUT2D eigenvalue weighted by Crippen LogP contribution is 2.25. The molecule has 0 N–H and O–H groups in total. The summed E-state index contributed by atoms with van der Waals surface area (Å²) >= 11 is 0. The minimum Gasteiger partial charge on any atom is -0.497 e. The van der Waals surface area contributed by atoms with Gasteiger partial charge in [0.25, 0.3) is 0 Å². The Morgan fingerprint density at radius 2 is 2.21 bits per heavy atom. The van der Waals surface area contributed by atoms with Crippen molar-refractivity contribution in [2.45, 2.75) is 11.6 Å². The molecule has 0 radical (unpaired) electrons. The molecule has 19 heavy (non-hydrogen) atoms. The molecular weight excluding hydrogens is 262 g/mol. The molecule has 0 saturated carbocycles. The van der Waals surface area contributed by atoms with Crippen LogP contribution >= 0.6 is 0 Å². The first-order valence-corrected chi connectivity index (χ1v) is 7.37. The van der Waals surface area contributed by atoms with E-state index in [4.69, 9.17) is 4.74 Å². The molecule has 0 spiro atoms. The van der Waals surface area contributed by atoms with Crippen molar-refractivity contribution < 1.29 is 8.95 Å². The van der Waals surface area contributed by atoms with E-state index in [1.165, 1.54) is 0 Å². The predicted octanol–water partition coefficient (Wildman–Crippen LogP) is 1.56. The lowest BCUT2D eigenvalue weighted by atomic mass is 10.0. The molecule has 2 heterocycles. The lowest BCUT2D eigenvalue weighted by molar-refractivity contribution is 0.414. The third kappa shape index (κ3) is 2.08. The van der Waals surface area contributed by atoms with Gasteiger partial charge in [0, 0.05) is 18.9 Å². The SMILES string of the molecule is COc1ccc2c(c1)C=Cn1c(nnc1S(C)=O)C2. The molecule has 0 aliphatic carbocycles. The summed E-state index contributed by atoms with van der Waals surface area (Å²) in [7, 11) is 0.495. The van der Waals surface area contributed by atoms with Gasteiger partial charge in [0.15, 0.2) is 0 Å². The van der Waals surface area contributed by atoms with Crippen molar-refractivity contribution in [3.63, 3.8) is 0 Å². The molecule has 0 fully saturated rings. The minimum absolute atomic E-state index is 0.478. The number of hydrogen-bond acceptors (Lipinski definition) is 4. The fraction of sp³-hybridized carbons (Fsp3) is 0.231. The van der Waals surface area contributed by atoms with Crippen LogP contribution in [0.2, 0.25) is 0 Å². The molecule has 3 rings (SSSR count). The Balaban J connectivity index is 2.10. The quantitative estimate of drug-likeness (QED) is 0.712. The lowest BCUT2D eigenvalue weighted by Gasteiger charge is -2.05. The van der Waals surface area contributed by atoms with Gasteiger partial charge >= 0.3 is 0 Å². The molecule has 1 aromatic carbocycles. The second-order valence-electron chi connectivity index (χ2n) is 4.28.